The molecule has 11 nitrogen and oxygen atoms in total. The molecule has 6 rings (SSSR count). The molecule has 1 saturated heterocycles. The molecule has 2 saturated carbocycles. The standard InChI is InChI=1S/C30H39F2N7O4/c31-28(32)29-35-23-3-1-2-4-24(23)39(29)25-17-27(37-30(36-25)38-13-15-42-16-14-38)43-22-11-7-20(8-12-22)34-26(41)18-33-19-5-9-21(40)10-6-19/h1-4,17,19-22,28,33,40H,5-16,18H2,(H,34,41). The van der Waals surface area contributed by atoms with Crippen LogP contribution in [0.2, 0.25) is 0 Å². The van der Waals surface area contributed by atoms with E-state index in [1.54, 1.807) is 30.3 Å². The van der Waals surface area contributed by atoms with Gasteiger partial charge in [0.05, 0.1) is 36.9 Å². The maximum absolute atomic E-state index is 14.1. The van der Waals surface area contributed by atoms with Gasteiger partial charge in [-0.3, -0.25) is 9.36 Å². The fourth-order valence-corrected chi connectivity index (χ4v) is 6.20. The molecule has 0 bridgehead atoms. The van der Waals surface area contributed by atoms with Gasteiger partial charge in [0.15, 0.2) is 5.82 Å². The van der Waals surface area contributed by atoms with Crippen molar-refractivity contribution in [1.82, 2.24) is 30.2 Å². The smallest absolute Gasteiger partial charge is 0.296 e. The lowest BCUT2D eigenvalue weighted by molar-refractivity contribution is -0.121. The number of aromatic nitrogens is 4. The summed E-state index contributed by atoms with van der Waals surface area (Å²) in [5.74, 6) is 0.587. The van der Waals surface area contributed by atoms with Crippen molar-refractivity contribution in [3.63, 3.8) is 0 Å². The van der Waals surface area contributed by atoms with Crippen LogP contribution in [-0.2, 0) is 9.53 Å². The maximum atomic E-state index is 14.1. The molecule has 3 aliphatic rings. The van der Waals surface area contributed by atoms with Crippen LogP contribution in [0.1, 0.15) is 63.6 Å². The second-order valence-electron chi connectivity index (χ2n) is 11.6. The van der Waals surface area contributed by atoms with Crippen molar-refractivity contribution in [2.45, 2.75) is 82.1 Å². The molecule has 0 spiro atoms. The van der Waals surface area contributed by atoms with Gasteiger partial charge in [0, 0.05) is 31.2 Å². The van der Waals surface area contributed by atoms with Crippen LogP contribution >= 0.6 is 0 Å². The van der Waals surface area contributed by atoms with Gasteiger partial charge in [-0.05, 0) is 63.5 Å². The van der Waals surface area contributed by atoms with E-state index in [0.717, 1.165) is 51.4 Å². The van der Waals surface area contributed by atoms with E-state index in [1.807, 2.05) is 4.90 Å². The molecule has 3 N–H and O–H groups in total. The lowest BCUT2D eigenvalue weighted by Gasteiger charge is -2.31. The zero-order valence-corrected chi connectivity index (χ0v) is 24.1. The zero-order valence-electron chi connectivity index (χ0n) is 24.1. The molecule has 1 aromatic carbocycles. The zero-order chi connectivity index (χ0) is 29.8. The number of ether oxygens (including phenoxy) is 2. The number of carbonyl (C=O) groups excluding carboxylic acids is 1. The first kappa shape index (κ1) is 29.6. The van der Waals surface area contributed by atoms with Crippen LogP contribution in [0, 0.1) is 0 Å². The highest BCUT2D eigenvalue weighted by atomic mass is 19.3. The van der Waals surface area contributed by atoms with Gasteiger partial charge in [-0.1, -0.05) is 12.1 Å². The number of rotatable bonds is 9. The number of hydrogen-bond donors (Lipinski definition) is 3. The number of halogens is 2. The Bertz CT molecular complexity index is 1380. The Morgan fingerprint density at radius 3 is 2.47 bits per heavy atom. The van der Waals surface area contributed by atoms with E-state index in [-0.39, 0.29) is 48.4 Å². The molecule has 43 heavy (non-hydrogen) atoms. The van der Waals surface area contributed by atoms with Gasteiger partial charge in [0.2, 0.25) is 17.7 Å². The Balaban J connectivity index is 1.13. The Morgan fingerprint density at radius 2 is 1.72 bits per heavy atom. The molecule has 2 aromatic heterocycles. The van der Waals surface area contributed by atoms with Gasteiger partial charge >= 0.3 is 0 Å². The summed E-state index contributed by atoms with van der Waals surface area (Å²) in [6.45, 7) is 2.48. The highest BCUT2D eigenvalue weighted by Crippen LogP contribution is 2.31. The Kier molecular flexibility index (Phi) is 9.29. The van der Waals surface area contributed by atoms with Crippen LogP contribution in [0.3, 0.4) is 0 Å². The van der Waals surface area contributed by atoms with Crippen LogP contribution < -0.4 is 20.3 Å². The molecular weight excluding hydrogens is 560 g/mol. The summed E-state index contributed by atoms with van der Waals surface area (Å²) in [6, 6.07) is 8.94. The third-order valence-electron chi connectivity index (χ3n) is 8.56. The van der Waals surface area contributed by atoms with Crippen molar-refractivity contribution < 1.29 is 28.2 Å². The normalized spacial score (nSPS) is 24.8. The number of fused-ring (bicyclic) bond motifs is 1. The van der Waals surface area contributed by atoms with Crippen molar-refractivity contribution in [1.29, 1.82) is 0 Å². The number of hydrogen-bond acceptors (Lipinski definition) is 9. The summed E-state index contributed by atoms with van der Waals surface area (Å²) in [4.78, 5) is 28.1. The van der Waals surface area contributed by atoms with Crippen LogP contribution in [0.25, 0.3) is 16.9 Å². The summed E-state index contributed by atoms with van der Waals surface area (Å²) in [7, 11) is 0. The van der Waals surface area contributed by atoms with Gasteiger partial charge in [-0.2, -0.15) is 9.97 Å². The quantitative estimate of drug-likeness (QED) is 0.340. The summed E-state index contributed by atoms with van der Waals surface area (Å²) >= 11 is 0. The highest BCUT2D eigenvalue weighted by molar-refractivity contribution is 5.78. The van der Waals surface area contributed by atoms with Crippen molar-refractivity contribution in [3.8, 4) is 11.7 Å². The average Bonchev–Trinajstić information content (AvgIpc) is 3.42. The molecule has 13 heteroatoms. The topological polar surface area (TPSA) is 127 Å². The first-order valence-corrected chi connectivity index (χ1v) is 15.3. The lowest BCUT2D eigenvalue weighted by atomic mass is 9.92. The number of aliphatic hydroxyl groups excluding tert-OH is 1. The Labute approximate surface area is 249 Å². The van der Waals surface area contributed by atoms with Crippen molar-refractivity contribution >= 4 is 22.9 Å². The Hall–Kier alpha value is -3.42. The molecule has 1 aliphatic heterocycles. The minimum Gasteiger partial charge on any atom is -0.474 e. The predicted octanol–water partition coefficient (Wildman–Crippen LogP) is 3.29. The third-order valence-corrected chi connectivity index (χ3v) is 8.56. The number of nitrogens with one attached hydrogen (secondary N) is 2. The van der Waals surface area contributed by atoms with Crippen molar-refractivity contribution in [3.05, 3.63) is 36.2 Å². The van der Waals surface area contributed by atoms with E-state index in [2.05, 4.69) is 25.6 Å². The molecule has 0 unspecified atom stereocenters. The third kappa shape index (κ3) is 7.22. The number of nitrogens with zero attached hydrogens (tertiary/aromatic N) is 5. The van der Waals surface area contributed by atoms with E-state index >= 15 is 0 Å². The van der Waals surface area contributed by atoms with Crippen LogP contribution in [-0.4, -0.2) is 87.7 Å². The molecule has 3 aromatic rings. The van der Waals surface area contributed by atoms with E-state index in [9.17, 15) is 18.7 Å². The maximum Gasteiger partial charge on any atom is 0.296 e. The minimum atomic E-state index is -2.80. The minimum absolute atomic E-state index is 0.0199. The fourth-order valence-electron chi connectivity index (χ4n) is 6.20. The molecule has 3 fully saturated rings. The van der Waals surface area contributed by atoms with Gasteiger partial charge in [0.25, 0.3) is 6.43 Å². The number of carbonyl (C=O) groups is 1. The van der Waals surface area contributed by atoms with Crippen LogP contribution in [0.5, 0.6) is 5.88 Å². The number of amides is 1. The first-order valence-electron chi connectivity index (χ1n) is 15.3. The number of para-hydroxylation sites is 2. The summed E-state index contributed by atoms with van der Waals surface area (Å²) in [6.07, 6.45) is 3.15. The molecule has 3 heterocycles. The monoisotopic (exact) mass is 599 g/mol. The van der Waals surface area contributed by atoms with E-state index < -0.39 is 6.43 Å². The molecule has 232 valence electrons. The lowest BCUT2D eigenvalue weighted by Crippen LogP contribution is -2.46. The van der Waals surface area contributed by atoms with E-state index in [4.69, 9.17) is 9.47 Å². The van der Waals surface area contributed by atoms with Crippen LogP contribution in [0.15, 0.2) is 30.3 Å². The molecule has 2 aliphatic carbocycles. The molecule has 0 radical (unpaired) electrons. The summed E-state index contributed by atoms with van der Waals surface area (Å²) in [5.41, 5.74) is 0.988. The van der Waals surface area contributed by atoms with Crippen LogP contribution in [0.4, 0.5) is 14.7 Å². The van der Waals surface area contributed by atoms with Gasteiger partial charge in [0.1, 0.15) is 11.9 Å². The second kappa shape index (κ2) is 13.5. The van der Waals surface area contributed by atoms with Crippen molar-refractivity contribution in [2.75, 3.05) is 37.7 Å². The van der Waals surface area contributed by atoms with Crippen molar-refractivity contribution in [2.24, 2.45) is 0 Å². The second-order valence-corrected chi connectivity index (χ2v) is 11.6. The molecule has 1 amide bonds. The number of benzene rings is 1. The van der Waals surface area contributed by atoms with Gasteiger partial charge in [-0.25, -0.2) is 13.8 Å². The van der Waals surface area contributed by atoms with E-state index in [1.165, 1.54) is 4.57 Å². The molecule has 0 atom stereocenters. The fraction of sp³-hybridized carbons (Fsp3) is 0.600. The van der Waals surface area contributed by atoms with Gasteiger partial charge < -0.3 is 30.1 Å². The average molecular weight is 600 g/mol. The highest BCUT2D eigenvalue weighted by Gasteiger charge is 2.27. The number of alkyl halides is 2. The number of imidazole rings is 1. The molecular formula is C30H39F2N7O4. The van der Waals surface area contributed by atoms with E-state index in [0.29, 0.717) is 49.2 Å². The first-order chi connectivity index (χ1) is 20.9. The summed E-state index contributed by atoms with van der Waals surface area (Å²) < 4.78 is 41.5. The Morgan fingerprint density at radius 1 is 1.00 bits per heavy atom. The largest absolute Gasteiger partial charge is 0.474 e. The number of aliphatic hydroxyl groups is 1. The SMILES string of the molecule is O=C(CNC1CCC(O)CC1)NC1CCC(Oc2cc(-n3c(C(F)F)nc4ccccc43)nc(N3CCOCC3)n2)CC1. The predicted molar refractivity (Wildman–Crippen MR) is 156 cm³/mol. The summed E-state index contributed by atoms with van der Waals surface area (Å²) in [5, 5.41) is 16.1. The van der Waals surface area contributed by atoms with Gasteiger partial charge in [-0.15, -0.1) is 0 Å². The number of morpholine rings is 1. The number of anilines is 1.